The van der Waals surface area contributed by atoms with Gasteiger partial charge < -0.3 is 14.6 Å². The van der Waals surface area contributed by atoms with Crippen LogP contribution in [0, 0.1) is 19.7 Å². The maximum atomic E-state index is 14.1. The summed E-state index contributed by atoms with van der Waals surface area (Å²) in [5.74, 6) is 0.229. The van der Waals surface area contributed by atoms with Crippen LogP contribution in [0.1, 0.15) is 40.0 Å². The molecule has 1 amide bonds. The van der Waals surface area contributed by atoms with Crippen molar-refractivity contribution >= 4 is 17.2 Å². The number of anilines is 1. The minimum Gasteiger partial charge on any atom is -0.497 e. The molecule has 0 atom stereocenters. The minimum absolute atomic E-state index is 0.184. The molecule has 1 aliphatic rings. The summed E-state index contributed by atoms with van der Waals surface area (Å²) in [4.78, 5) is 14.1. The number of imidazole rings is 1. The molecule has 0 saturated carbocycles. The summed E-state index contributed by atoms with van der Waals surface area (Å²) in [6.45, 7) is 5.04. The van der Waals surface area contributed by atoms with Gasteiger partial charge in [0.05, 0.1) is 12.8 Å². The van der Waals surface area contributed by atoms with Gasteiger partial charge in [0.1, 0.15) is 22.9 Å². The predicted octanol–water partition coefficient (Wildman–Crippen LogP) is 7.43. The van der Waals surface area contributed by atoms with Crippen molar-refractivity contribution in [3.63, 3.8) is 0 Å². The van der Waals surface area contributed by atoms with E-state index >= 15 is 0 Å². The Balaban J connectivity index is 1.60. The number of hydrogen-bond donors (Lipinski definition) is 1. The summed E-state index contributed by atoms with van der Waals surface area (Å²) in [6.07, 6.45) is 4.97. The number of nitrogens with zero attached hydrogens (tertiary/aromatic N) is 2. The van der Waals surface area contributed by atoms with Crippen LogP contribution in [0.15, 0.2) is 72.9 Å². The van der Waals surface area contributed by atoms with Gasteiger partial charge in [0, 0.05) is 35.6 Å². The van der Waals surface area contributed by atoms with E-state index in [1.165, 1.54) is 28.8 Å². The summed E-state index contributed by atoms with van der Waals surface area (Å²) < 4.78 is 23.4. The Kier molecular flexibility index (Phi) is 6.03. The van der Waals surface area contributed by atoms with Gasteiger partial charge in [0.2, 0.25) is 0 Å². The topological polar surface area (TPSA) is 47.7 Å². The standard InChI is InChI=1S/C32H30FN3O2/c1-20-10-11-23(17-21(20)2)29-27-9-4-5-16-35-28(22-12-14-24(33)15-13-22)19-36(32(27)35)30(29)31(37)34-25-7-6-8-26(18-25)38-3/h6-8,10-15,17-19H,4-5,9,16H2,1-3H3,(H,34,37). The van der Waals surface area contributed by atoms with E-state index in [1.54, 1.807) is 19.2 Å². The highest BCUT2D eigenvalue weighted by Crippen LogP contribution is 2.40. The highest BCUT2D eigenvalue weighted by molar-refractivity contribution is 6.10. The van der Waals surface area contributed by atoms with Crippen molar-refractivity contribution in [3.8, 4) is 28.1 Å². The maximum absolute atomic E-state index is 14.1. The van der Waals surface area contributed by atoms with Crippen LogP contribution in [0.4, 0.5) is 10.1 Å². The second-order valence-electron chi connectivity index (χ2n) is 10.0. The zero-order valence-corrected chi connectivity index (χ0v) is 21.8. The average molecular weight is 508 g/mol. The van der Waals surface area contributed by atoms with E-state index in [1.807, 2.05) is 34.9 Å². The van der Waals surface area contributed by atoms with Crippen LogP contribution in [-0.2, 0) is 13.0 Å². The fourth-order valence-corrected chi connectivity index (χ4v) is 5.56. The Morgan fingerprint density at radius 1 is 0.947 bits per heavy atom. The van der Waals surface area contributed by atoms with E-state index < -0.39 is 0 Å². The summed E-state index contributed by atoms with van der Waals surface area (Å²) in [5.41, 5.74) is 9.80. The van der Waals surface area contributed by atoms with Crippen LogP contribution in [0.2, 0.25) is 0 Å². The van der Waals surface area contributed by atoms with Crippen LogP contribution >= 0.6 is 0 Å². The van der Waals surface area contributed by atoms with Gasteiger partial charge in [-0.3, -0.25) is 9.20 Å². The third-order valence-corrected chi connectivity index (χ3v) is 7.61. The fraction of sp³-hybridized carbons (Fsp3) is 0.219. The van der Waals surface area contributed by atoms with Gasteiger partial charge in [0.15, 0.2) is 0 Å². The number of aromatic nitrogens is 2. The van der Waals surface area contributed by atoms with Gasteiger partial charge in [0.25, 0.3) is 5.91 Å². The van der Waals surface area contributed by atoms with Crippen LogP contribution < -0.4 is 10.1 Å². The molecule has 6 heteroatoms. The lowest BCUT2D eigenvalue weighted by Crippen LogP contribution is -2.15. The quantitative estimate of drug-likeness (QED) is 0.269. The summed E-state index contributed by atoms with van der Waals surface area (Å²) >= 11 is 0. The molecule has 1 aliphatic heterocycles. The molecular formula is C32H30FN3O2. The van der Waals surface area contributed by atoms with E-state index in [4.69, 9.17) is 4.74 Å². The number of carbonyl (C=O) groups is 1. The highest BCUT2D eigenvalue weighted by atomic mass is 19.1. The predicted molar refractivity (Wildman–Crippen MR) is 150 cm³/mol. The number of halogens is 1. The number of nitrogens with one attached hydrogen (secondary N) is 1. The van der Waals surface area contributed by atoms with E-state index in [2.05, 4.69) is 41.9 Å². The molecule has 1 N–H and O–H groups in total. The Morgan fingerprint density at radius 2 is 1.74 bits per heavy atom. The lowest BCUT2D eigenvalue weighted by molar-refractivity contribution is 0.102. The molecule has 2 aromatic heterocycles. The van der Waals surface area contributed by atoms with E-state index in [0.29, 0.717) is 17.1 Å². The molecular weight excluding hydrogens is 477 g/mol. The van der Waals surface area contributed by atoms with Crippen molar-refractivity contribution in [2.75, 3.05) is 12.4 Å². The Labute approximate surface area is 221 Å². The van der Waals surface area contributed by atoms with Crippen molar-refractivity contribution in [1.82, 2.24) is 8.97 Å². The number of carbonyl (C=O) groups excluding carboxylic acids is 1. The van der Waals surface area contributed by atoms with Crippen molar-refractivity contribution < 1.29 is 13.9 Å². The number of aryl methyl sites for hydroxylation is 4. The molecule has 0 unspecified atom stereocenters. The number of rotatable bonds is 5. The molecule has 0 fully saturated rings. The van der Waals surface area contributed by atoms with Crippen molar-refractivity contribution in [2.24, 2.45) is 0 Å². The second kappa shape index (κ2) is 9.53. The van der Waals surface area contributed by atoms with Gasteiger partial charge in [-0.1, -0.05) is 24.3 Å². The molecule has 0 spiro atoms. The number of benzene rings is 3. The monoisotopic (exact) mass is 507 g/mol. The molecule has 6 rings (SSSR count). The first kappa shape index (κ1) is 24.0. The van der Waals surface area contributed by atoms with Gasteiger partial charge in [-0.2, -0.15) is 0 Å². The van der Waals surface area contributed by atoms with Gasteiger partial charge in [-0.25, -0.2) is 4.39 Å². The van der Waals surface area contributed by atoms with E-state index in [9.17, 15) is 9.18 Å². The number of hydrogen-bond acceptors (Lipinski definition) is 2. The van der Waals surface area contributed by atoms with Crippen LogP contribution in [0.25, 0.3) is 28.0 Å². The van der Waals surface area contributed by atoms with Crippen LogP contribution in [0.5, 0.6) is 5.75 Å². The lowest BCUT2D eigenvalue weighted by atomic mass is 9.95. The molecule has 0 aliphatic carbocycles. The van der Waals surface area contributed by atoms with E-state index in [-0.39, 0.29) is 11.7 Å². The Bertz CT molecular complexity index is 1680. The molecule has 3 aromatic carbocycles. The van der Waals surface area contributed by atoms with Gasteiger partial charge in [-0.05, 0) is 91.8 Å². The summed E-state index contributed by atoms with van der Waals surface area (Å²) in [7, 11) is 1.61. The van der Waals surface area contributed by atoms with Gasteiger partial charge >= 0.3 is 0 Å². The van der Waals surface area contributed by atoms with Crippen molar-refractivity contribution in [2.45, 2.75) is 39.7 Å². The molecule has 192 valence electrons. The molecule has 0 radical (unpaired) electrons. The van der Waals surface area contributed by atoms with Gasteiger partial charge in [-0.15, -0.1) is 0 Å². The van der Waals surface area contributed by atoms with Crippen molar-refractivity contribution in [1.29, 1.82) is 0 Å². The lowest BCUT2D eigenvalue weighted by Gasteiger charge is -2.12. The highest BCUT2D eigenvalue weighted by Gasteiger charge is 2.29. The average Bonchev–Trinajstić information content (AvgIpc) is 3.33. The first-order chi connectivity index (χ1) is 18.4. The number of methoxy groups -OCH3 is 1. The first-order valence-electron chi connectivity index (χ1n) is 13.0. The summed E-state index contributed by atoms with van der Waals surface area (Å²) in [6, 6.07) is 20.4. The summed E-state index contributed by atoms with van der Waals surface area (Å²) in [5, 5.41) is 3.11. The maximum Gasteiger partial charge on any atom is 0.273 e. The zero-order chi connectivity index (χ0) is 26.4. The fourth-order valence-electron chi connectivity index (χ4n) is 5.56. The third kappa shape index (κ3) is 4.06. The van der Waals surface area contributed by atoms with E-state index in [0.717, 1.165) is 53.8 Å². The van der Waals surface area contributed by atoms with Crippen LogP contribution in [-0.4, -0.2) is 22.0 Å². The van der Waals surface area contributed by atoms with Crippen LogP contribution in [0.3, 0.4) is 0 Å². The second-order valence-corrected chi connectivity index (χ2v) is 10.0. The smallest absolute Gasteiger partial charge is 0.273 e. The Morgan fingerprint density at radius 3 is 2.50 bits per heavy atom. The van der Waals surface area contributed by atoms with Crippen molar-refractivity contribution in [3.05, 3.63) is 101 Å². The Hall–Kier alpha value is -4.32. The number of ether oxygens (including phenoxy) is 1. The largest absolute Gasteiger partial charge is 0.497 e. The first-order valence-corrected chi connectivity index (χ1v) is 13.0. The minimum atomic E-state index is -0.265. The molecule has 3 heterocycles. The molecule has 0 bridgehead atoms. The normalized spacial score (nSPS) is 12.9. The molecule has 5 nitrogen and oxygen atoms in total. The zero-order valence-electron chi connectivity index (χ0n) is 21.8. The molecule has 0 saturated heterocycles. The number of amides is 1. The molecule has 38 heavy (non-hydrogen) atoms. The third-order valence-electron chi connectivity index (χ3n) is 7.61. The SMILES string of the molecule is COc1cccc(NC(=O)c2c(-c3ccc(C)c(C)c3)c3c4n(c(-c5ccc(F)cc5)cn24)CCCC3)c1. The molecule has 5 aromatic rings.